The minimum Gasteiger partial charge on any atom is -0.429 e. The second-order valence-electron chi connectivity index (χ2n) is 16.0. The number of carbonyl (C=O) groups excluding carboxylic acids is 8. The molecule has 2 aromatic rings. The first-order valence-corrected chi connectivity index (χ1v) is 22.9. The summed E-state index contributed by atoms with van der Waals surface area (Å²) in [6.07, 6.45) is 2.46. The number of imide groups is 1. The summed E-state index contributed by atoms with van der Waals surface area (Å²) in [7, 11) is 0. The molecule has 0 radical (unpaired) electrons. The Morgan fingerprint density at radius 3 is 1.84 bits per heavy atom. The molecule has 1 aliphatic heterocycles. The molecule has 5 N–H and O–H groups in total. The molecule has 23 nitrogen and oxygen atoms in total. The molecule has 0 unspecified atom stereocenters. The van der Waals surface area contributed by atoms with Crippen molar-refractivity contribution in [2.75, 3.05) is 84.5 Å². The number of Topliss-reactive ketones (excluding diaryl/α,β-unsaturated/α-hetero) is 1. The molecule has 3 rings (SSSR count). The van der Waals surface area contributed by atoms with E-state index in [2.05, 4.69) is 16.0 Å². The van der Waals surface area contributed by atoms with Gasteiger partial charge in [-0.2, -0.15) is 0 Å². The zero-order valence-electron chi connectivity index (χ0n) is 39.6. The van der Waals surface area contributed by atoms with Gasteiger partial charge in [0.2, 0.25) is 23.6 Å². The Hall–Kier alpha value is -6.66. The first-order chi connectivity index (χ1) is 33.6. The van der Waals surface area contributed by atoms with Gasteiger partial charge in [0.25, 0.3) is 17.5 Å². The van der Waals surface area contributed by atoms with E-state index in [4.69, 9.17) is 38.9 Å². The molecule has 1 heterocycles. The molecule has 2 aromatic carbocycles. The van der Waals surface area contributed by atoms with Crippen molar-refractivity contribution in [1.29, 1.82) is 0 Å². The van der Waals surface area contributed by atoms with Crippen molar-refractivity contribution in [1.82, 2.24) is 15.5 Å². The molecule has 23 heteroatoms. The van der Waals surface area contributed by atoms with Gasteiger partial charge in [-0.15, -0.1) is 0 Å². The number of primary amides is 1. The smallest absolute Gasteiger partial charge is 0.429 e. The largest absolute Gasteiger partial charge is 0.514 e. The van der Waals surface area contributed by atoms with Gasteiger partial charge < -0.3 is 54.8 Å². The van der Waals surface area contributed by atoms with E-state index >= 15 is 0 Å². The van der Waals surface area contributed by atoms with Crippen molar-refractivity contribution in [2.24, 2.45) is 17.6 Å². The van der Waals surface area contributed by atoms with Crippen molar-refractivity contribution in [3.05, 3.63) is 76.4 Å². The third-order valence-electron chi connectivity index (χ3n) is 10.3. The fourth-order valence-corrected chi connectivity index (χ4v) is 6.37. The SMILES string of the molecule is CC(C)[C@H](CC(=O)CCOCCOCCOCCOCCOCCNC(=O)CCN1C(=O)C=CC1=O)C(=O)N[C@@H](CCCCC(N)=O)C(=O)Nc1ccc(COC(=O)Oc2ccc([N+](=O)[O-])cc2)cc1. The standard InChI is InChI=1S/C47H64N6O17/c1-33(2)39(31-37(54)18-21-64-23-25-66-27-29-68-30-28-67-26-24-65-22-19-49-42(56)17-20-52-43(57)15-16-44(52)58)45(59)51-40(5-3-4-6-41(48)55)46(60)50-35-9-7-34(8-10-35)32-69-47(61)70-38-13-11-36(12-14-38)53(62)63/h7-16,33,39-40H,3-6,17-32H2,1-2H3,(H2,48,55)(H,49,56)(H,50,60)(H,51,59)/t39-,40-/m0/s1. The van der Waals surface area contributed by atoms with E-state index < -0.39 is 52.6 Å². The number of anilines is 1. The molecule has 70 heavy (non-hydrogen) atoms. The summed E-state index contributed by atoms with van der Waals surface area (Å²) in [5, 5.41) is 19.1. The van der Waals surface area contributed by atoms with Crippen LogP contribution in [0, 0.1) is 22.0 Å². The van der Waals surface area contributed by atoms with Crippen LogP contribution in [0.25, 0.3) is 0 Å². The molecule has 0 aliphatic carbocycles. The van der Waals surface area contributed by atoms with E-state index in [-0.39, 0.29) is 107 Å². The molecule has 2 atom stereocenters. The normalized spacial score (nSPS) is 12.9. The summed E-state index contributed by atoms with van der Waals surface area (Å²) in [5.41, 5.74) is 6.07. The number of nitrogens with two attached hydrogens (primary N) is 1. The summed E-state index contributed by atoms with van der Waals surface area (Å²) < 4.78 is 37.5. The number of unbranched alkanes of at least 4 members (excludes halogenated alkanes) is 1. The second-order valence-corrected chi connectivity index (χ2v) is 16.0. The average Bonchev–Trinajstić information content (AvgIpc) is 3.65. The third-order valence-corrected chi connectivity index (χ3v) is 10.3. The number of nitrogens with one attached hydrogen (secondary N) is 3. The van der Waals surface area contributed by atoms with E-state index in [1.807, 2.05) is 13.8 Å². The van der Waals surface area contributed by atoms with Gasteiger partial charge in [-0.05, 0) is 48.6 Å². The maximum absolute atomic E-state index is 13.6. The number of ether oxygens (including phenoxy) is 7. The van der Waals surface area contributed by atoms with Crippen LogP contribution in [-0.4, -0.2) is 142 Å². The molecule has 1 aliphatic rings. The topological polar surface area (TPSA) is 310 Å². The lowest BCUT2D eigenvalue weighted by molar-refractivity contribution is -0.384. The number of hydrogen-bond acceptors (Lipinski definition) is 17. The molecular weight excluding hydrogens is 921 g/mol. The highest BCUT2D eigenvalue weighted by Gasteiger charge is 2.29. The van der Waals surface area contributed by atoms with Gasteiger partial charge in [-0.3, -0.25) is 48.6 Å². The summed E-state index contributed by atoms with van der Waals surface area (Å²) in [5.74, 6) is -3.71. The second kappa shape index (κ2) is 33.0. The molecule has 6 amide bonds. The van der Waals surface area contributed by atoms with Crippen LogP contribution in [0.1, 0.15) is 64.4 Å². The van der Waals surface area contributed by atoms with Gasteiger partial charge in [0, 0.05) is 74.7 Å². The van der Waals surface area contributed by atoms with Gasteiger partial charge in [0.05, 0.1) is 71.0 Å². The van der Waals surface area contributed by atoms with Gasteiger partial charge in [0.15, 0.2) is 0 Å². The lowest BCUT2D eigenvalue weighted by atomic mass is 9.88. The molecule has 0 bridgehead atoms. The zero-order chi connectivity index (χ0) is 51.1. The Morgan fingerprint density at radius 2 is 1.29 bits per heavy atom. The van der Waals surface area contributed by atoms with E-state index in [1.165, 1.54) is 36.4 Å². The van der Waals surface area contributed by atoms with Crippen LogP contribution in [0.15, 0.2) is 60.7 Å². The van der Waals surface area contributed by atoms with Crippen molar-refractivity contribution < 1.29 is 76.4 Å². The van der Waals surface area contributed by atoms with Crippen molar-refractivity contribution in [2.45, 2.75) is 71.4 Å². The van der Waals surface area contributed by atoms with Crippen LogP contribution in [0.3, 0.4) is 0 Å². The van der Waals surface area contributed by atoms with Gasteiger partial charge >= 0.3 is 6.16 Å². The van der Waals surface area contributed by atoms with Crippen molar-refractivity contribution >= 4 is 58.8 Å². The number of nitro groups is 1. The maximum Gasteiger partial charge on any atom is 0.514 e. The monoisotopic (exact) mass is 984 g/mol. The van der Waals surface area contributed by atoms with E-state index in [1.54, 1.807) is 24.3 Å². The maximum atomic E-state index is 13.6. The number of hydrogen-bond donors (Lipinski definition) is 4. The van der Waals surface area contributed by atoms with Crippen LogP contribution in [0.2, 0.25) is 0 Å². The van der Waals surface area contributed by atoms with Gasteiger partial charge in [-0.25, -0.2) is 4.79 Å². The fraction of sp³-hybridized carbons (Fsp3) is 0.532. The Labute approximate surface area is 405 Å². The predicted octanol–water partition coefficient (Wildman–Crippen LogP) is 2.92. The van der Waals surface area contributed by atoms with E-state index in [0.717, 1.165) is 4.90 Å². The molecule has 0 fully saturated rings. The number of rotatable bonds is 37. The fourth-order valence-electron chi connectivity index (χ4n) is 6.37. The summed E-state index contributed by atoms with van der Waals surface area (Å²) in [6, 6.07) is 10.3. The molecule has 384 valence electrons. The lowest BCUT2D eigenvalue weighted by Crippen LogP contribution is -2.47. The third kappa shape index (κ3) is 24.1. The number of carbonyl (C=O) groups is 8. The summed E-state index contributed by atoms with van der Waals surface area (Å²) >= 11 is 0. The highest BCUT2D eigenvalue weighted by Crippen LogP contribution is 2.20. The highest BCUT2D eigenvalue weighted by atomic mass is 16.7. The number of nitro benzene ring substituents is 1. The van der Waals surface area contributed by atoms with Crippen LogP contribution in [0.4, 0.5) is 16.2 Å². The average molecular weight is 985 g/mol. The van der Waals surface area contributed by atoms with Crippen LogP contribution in [-0.2, 0) is 68.6 Å². The minimum absolute atomic E-state index is 0.0126. The van der Waals surface area contributed by atoms with E-state index in [0.29, 0.717) is 63.7 Å². The van der Waals surface area contributed by atoms with Crippen LogP contribution < -0.4 is 26.4 Å². The Kier molecular flexibility index (Phi) is 27.2. The quantitative estimate of drug-likeness (QED) is 0.0189. The number of ketones is 1. The molecule has 0 saturated heterocycles. The highest BCUT2D eigenvalue weighted by molar-refractivity contribution is 6.13. The Bertz CT molecular complexity index is 2030. The first-order valence-electron chi connectivity index (χ1n) is 22.9. The molecule has 0 aromatic heterocycles. The number of nitrogens with zero attached hydrogens (tertiary/aromatic N) is 2. The summed E-state index contributed by atoms with van der Waals surface area (Å²) in [6.45, 7) is 6.72. The van der Waals surface area contributed by atoms with Gasteiger partial charge in [-0.1, -0.05) is 32.4 Å². The van der Waals surface area contributed by atoms with E-state index in [9.17, 15) is 48.5 Å². The minimum atomic E-state index is -1.02. The Balaban J connectivity index is 1.26. The lowest BCUT2D eigenvalue weighted by Gasteiger charge is -2.24. The molecule has 0 saturated carbocycles. The predicted molar refractivity (Wildman–Crippen MR) is 249 cm³/mol. The zero-order valence-corrected chi connectivity index (χ0v) is 39.6. The van der Waals surface area contributed by atoms with Gasteiger partial charge in [0.1, 0.15) is 24.2 Å². The van der Waals surface area contributed by atoms with Crippen LogP contribution >= 0.6 is 0 Å². The van der Waals surface area contributed by atoms with Crippen molar-refractivity contribution in [3.8, 4) is 5.75 Å². The summed E-state index contributed by atoms with van der Waals surface area (Å²) in [4.78, 5) is 110. The molecular formula is C47H64N6O17. The molecule has 0 spiro atoms. The van der Waals surface area contributed by atoms with Crippen LogP contribution in [0.5, 0.6) is 5.75 Å². The number of amides is 6. The number of non-ortho nitro benzene ring substituents is 1. The Morgan fingerprint density at radius 1 is 0.714 bits per heavy atom. The number of benzene rings is 2. The van der Waals surface area contributed by atoms with Crippen molar-refractivity contribution in [3.63, 3.8) is 0 Å². The first kappa shape index (κ1) is 57.7.